The number of para-hydroxylation sites is 1. The molecule has 0 spiro atoms. The third-order valence-electron chi connectivity index (χ3n) is 5.36. The van der Waals surface area contributed by atoms with Crippen molar-refractivity contribution >= 4 is 30.2 Å². The molecule has 1 saturated heterocycles. The first-order valence-electron chi connectivity index (χ1n) is 9.73. The zero-order valence-corrected chi connectivity index (χ0v) is 18.2. The van der Waals surface area contributed by atoms with E-state index >= 15 is 0 Å². The number of nitrogens with zero attached hydrogens (tertiary/aromatic N) is 4. The van der Waals surface area contributed by atoms with E-state index in [2.05, 4.69) is 26.1 Å². The molecule has 2 unspecified atom stereocenters. The number of hydrogen-bond acceptors (Lipinski definition) is 10. The lowest BCUT2D eigenvalue weighted by Gasteiger charge is -2.25. The summed E-state index contributed by atoms with van der Waals surface area (Å²) >= 11 is 0. The fourth-order valence-electron chi connectivity index (χ4n) is 3.47. The summed E-state index contributed by atoms with van der Waals surface area (Å²) in [5.74, 6) is -0.505. The van der Waals surface area contributed by atoms with E-state index in [-0.39, 0.29) is 17.0 Å². The van der Waals surface area contributed by atoms with Crippen molar-refractivity contribution in [1.29, 1.82) is 0 Å². The molecule has 4 rings (SSSR count). The number of ether oxygens (including phenoxy) is 1. The predicted octanol–water partition coefficient (Wildman–Crippen LogP) is 1.24. The largest absolute Gasteiger partial charge is 0.507 e. The van der Waals surface area contributed by atoms with Crippen LogP contribution in [0.2, 0.25) is 0 Å². The van der Waals surface area contributed by atoms with Crippen molar-refractivity contribution in [3.05, 3.63) is 49.1 Å². The lowest BCUT2D eigenvalue weighted by atomic mass is 10.1. The number of hydrogen-bond donors (Lipinski definition) is 5. The van der Waals surface area contributed by atoms with Gasteiger partial charge in [-0.15, -0.1) is 0 Å². The van der Waals surface area contributed by atoms with Crippen molar-refractivity contribution in [2.24, 2.45) is 0 Å². The molecular formula is C19H20F2N5O7P. The Bertz CT molecular complexity index is 1290. The molecule has 182 valence electrons. The predicted molar refractivity (Wildman–Crippen MR) is 114 cm³/mol. The van der Waals surface area contributed by atoms with Crippen LogP contribution >= 0.6 is 7.60 Å². The summed E-state index contributed by atoms with van der Waals surface area (Å²) < 4.78 is 53.3. The van der Waals surface area contributed by atoms with Crippen LogP contribution in [0.25, 0.3) is 16.7 Å². The Hall–Kier alpha value is -3.00. The summed E-state index contributed by atoms with van der Waals surface area (Å²) in [7, 11) is -5.73. The van der Waals surface area contributed by atoms with Gasteiger partial charge in [0.05, 0.1) is 12.9 Å². The highest BCUT2D eigenvalue weighted by molar-refractivity contribution is 7.54. The van der Waals surface area contributed by atoms with Crippen LogP contribution in [0.15, 0.2) is 43.5 Å². The van der Waals surface area contributed by atoms with Gasteiger partial charge in [0, 0.05) is 11.1 Å². The molecule has 3 heterocycles. The Balaban J connectivity index is 1.50. The van der Waals surface area contributed by atoms with Crippen LogP contribution in [0.3, 0.4) is 0 Å². The quantitative estimate of drug-likeness (QED) is 0.295. The number of aliphatic hydroxyl groups excluding tert-OH is 2. The minimum Gasteiger partial charge on any atom is -0.507 e. The number of nitrogens with two attached hydrogens (primary N) is 1. The van der Waals surface area contributed by atoms with Crippen molar-refractivity contribution < 1.29 is 42.8 Å². The number of halogens is 2. The van der Waals surface area contributed by atoms with Crippen LogP contribution in [0.1, 0.15) is 11.8 Å². The number of alkyl halides is 2. The molecule has 0 radical (unpaired) electrons. The number of benzene rings is 1. The van der Waals surface area contributed by atoms with Gasteiger partial charge in [0.25, 0.3) is 0 Å². The maximum absolute atomic E-state index is 14.8. The van der Waals surface area contributed by atoms with Gasteiger partial charge in [-0.2, -0.15) is 8.78 Å². The fourth-order valence-corrected chi connectivity index (χ4v) is 4.44. The van der Waals surface area contributed by atoms with Gasteiger partial charge in [-0.05, 0) is 6.07 Å². The average molecular weight is 499 g/mol. The van der Waals surface area contributed by atoms with E-state index in [9.17, 15) is 33.6 Å². The van der Waals surface area contributed by atoms with E-state index in [4.69, 9.17) is 10.5 Å². The van der Waals surface area contributed by atoms with Gasteiger partial charge in [-0.3, -0.25) is 9.13 Å². The minimum absolute atomic E-state index is 0.0600. The molecule has 6 N–H and O–H groups in total. The minimum atomic E-state index is -5.73. The summed E-state index contributed by atoms with van der Waals surface area (Å²) in [6.45, 7) is 2.16. The third kappa shape index (κ3) is 3.94. The first kappa shape index (κ1) is 24.1. The number of fused-ring (bicyclic) bond motifs is 1. The highest BCUT2D eigenvalue weighted by Gasteiger charge is 2.55. The molecule has 5 atom stereocenters. The zero-order valence-electron chi connectivity index (χ0n) is 17.3. The molecule has 1 aliphatic rings. The number of aliphatic hydroxyl groups is 2. The maximum atomic E-state index is 14.8. The van der Waals surface area contributed by atoms with Crippen LogP contribution in [0, 0.1) is 0 Å². The second-order valence-corrected chi connectivity index (χ2v) is 9.34. The third-order valence-corrected chi connectivity index (χ3v) is 6.84. The number of nitrogen functional groups attached to an aromatic ring is 1. The molecule has 15 heteroatoms. The van der Waals surface area contributed by atoms with Crippen molar-refractivity contribution in [3.8, 4) is 5.75 Å². The number of imidazole rings is 1. The van der Waals surface area contributed by atoms with Gasteiger partial charge in [0.15, 0.2) is 17.7 Å². The number of allylic oxidation sites excluding steroid dienone is 1. The van der Waals surface area contributed by atoms with E-state index < -0.39 is 61.3 Å². The molecule has 2 aromatic heterocycles. The second kappa shape index (κ2) is 8.65. The van der Waals surface area contributed by atoms with E-state index in [1.54, 1.807) is 0 Å². The standard InChI is InChI=1S/C19H20F2N5O7P/c1-9(10-4-2-3-5-11(10)27)19(20,21)34(30,31)32-6-12-14(28)15(29)18(33-12)26-8-25-13-16(22)23-7-24-17(13)26/h2-5,7-8,12,14-15,18,27-29H,1,6H2,(H,30,31)(H2,22,23,24)/t12-,14?,15+,18-/m1/s1. The van der Waals surface area contributed by atoms with Crippen LogP contribution in [-0.4, -0.2) is 70.3 Å². The van der Waals surface area contributed by atoms with E-state index in [0.29, 0.717) is 0 Å². The second-order valence-electron chi connectivity index (χ2n) is 7.48. The molecule has 12 nitrogen and oxygen atoms in total. The number of phenolic OH excluding ortho intramolecular Hbond substituents is 1. The van der Waals surface area contributed by atoms with Gasteiger partial charge >= 0.3 is 13.3 Å². The first-order valence-corrected chi connectivity index (χ1v) is 11.3. The molecular weight excluding hydrogens is 479 g/mol. The Morgan fingerprint density at radius 2 is 1.97 bits per heavy atom. The zero-order chi connectivity index (χ0) is 24.8. The molecule has 0 aliphatic carbocycles. The van der Waals surface area contributed by atoms with Crippen molar-refractivity contribution in [1.82, 2.24) is 19.5 Å². The van der Waals surface area contributed by atoms with Crippen LogP contribution in [0.5, 0.6) is 5.75 Å². The summed E-state index contributed by atoms with van der Waals surface area (Å²) in [4.78, 5) is 21.8. The molecule has 0 amide bonds. The summed E-state index contributed by atoms with van der Waals surface area (Å²) in [6, 6.07) is 4.93. The van der Waals surface area contributed by atoms with Crippen LogP contribution < -0.4 is 5.73 Å². The van der Waals surface area contributed by atoms with E-state index in [1.807, 2.05) is 0 Å². The smallest absolute Gasteiger partial charge is 0.401 e. The van der Waals surface area contributed by atoms with Gasteiger partial charge in [0.1, 0.15) is 35.9 Å². The molecule has 34 heavy (non-hydrogen) atoms. The Morgan fingerprint density at radius 1 is 1.26 bits per heavy atom. The summed E-state index contributed by atoms with van der Waals surface area (Å²) in [6.07, 6.45) is -3.63. The number of phenols is 1. The molecule has 3 aromatic rings. The molecule has 0 bridgehead atoms. The monoisotopic (exact) mass is 499 g/mol. The molecule has 0 saturated carbocycles. The lowest BCUT2D eigenvalue weighted by molar-refractivity contribution is -0.0507. The Labute approximate surface area is 190 Å². The van der Waals surface area contributed by atoms with Crippen molar-refractivity contribution in [2.75, 3.05) is 12.3 Å². The molecule has 1 aliphatic heterocycles. The van der Waals surface area contributed by atoms with Gasteiger partial charge in [0.2, 0.25) is 0 Å². The molecule has 1 fully saturated rings. The highest BCUT2D eigenvalue weighted by Crippen LogP contribution is 2.63. The highest BCUT2D eigenvalue weighted by atomic mass is 31.2. The fraction of sp³-hybridized carbons (Fsp3) is 0.316. The molecule has 1 aromatic carbocycles. The average Bonchev–Trinajstić information content (AvgIpc) is 3.34. The number of aromatic hydroxyl groups is 1. The van der Waals surface area contributed by atoms with E-state index in [0.717, 1.165) is 18.5 Å². The first-order chi connectivity index (χ1) is 16.0. The number of anilines is 1. The van der Waals surface area contributed by atoms with Gasteiger partial charge in [-0.25, -0.2) is 15.0 Å². The van der Waals surface area contributed by atoms with Gasteiger partial charge < -0.3 is 35.2 Å². The lowest BCUT2D eigenvalue weighted by Crippen LogP contribution is -2.34. The topological polar surface area (TPSA) is 186 Å². The van der Waals surface area contributed by atoms with Crippen LogP contribution in [-0.2, 0) is 13.8 Å². The normalized spacial score (nSPS) is 24.9. The number of aromatic nitrogens is 4. The Kier molecular flexibility index (Phi) is 6.14. The summed E-state index contributed by atoms with van der Waals surface area (Å²) in [5.41, 5.74) is 0.0335. The van der Waals surface area contributed by atoms with Crippen molar-refractivity contribution in [2.45, 2.75) is 30.2 Å². The Morgan fingerprint density at radius 3 is 2.68 bits per heavy atom. The van der Waals surface area contributed by atoms with E-state index in [1.165, 1.54) is 23.0 Å². The SMILES string of the molecule is C=C(c1ccccc1O)C(F)(F)P(=O)(O)OC[C@H]1O[C@@H](n2cnc3c(N)ncnc32)[C@@H](O)C1O. The maximum Gasteiger partial charge on any atom is 0.401 e. The van der Waals surface area contributed by atoms with Gasteiger partial charge in [-0.1, -0.05) is 24.8 Å². The van der Waals surface area contributed by atoms with Crippen molar-refractivity contribution in [3.63, 3.8) is 0 Å². The summed E-state index contributed by atoms with van der Waals surface area (Å²) in [5, 5.41) is 30.5. The number of rotatable bonds is 7. The van der Waals surface area contributed by atoms with Crippen LogP contribution in [0.4, 0.5) is 14.6 Å².